The van der Waals surface area contributed by atoms with Crippen molar-refractivity contribution in [2.24, 2.45) is 0 Å². The van der Waals surface area contributed by atoms with Gasteiger partial charge in [-0.2, -0.15) is 17.6 Å². The Balaban J connectivity index is 1.83. The number of benzene rings is 2. The molecule has 0 amide bonds. The minimum Gasteiger partial charge on any atom is -0.358 e. The third kappa shape index (κ3) is 4.88. The third-order valence-electron chi connectivity index (χ3n) is 4.69. The summed E-state index contributed by atoms with van der Waals surface area (Å²) in [5, 5.41) is 11.9. The standard InChI is InChI=1S/C21H13ClF3N3O4S2/c22-14-10-18(33-15-6-4-5-13(9-15)21(23,24)25)19-26-17(20(28(29)30)27(19)11-14)12-34(31,32)16-7-2-1-3-8-16/h1-11H,12H2. The van der Waals surface area contributed by atoms with Crippen molar-refractivity contribution in [2.75, 3.05) is 0 Å². The van der Waals surface area contributed by atoms with E-state index >= 15 is 0 Å². The molecule has 7 nitrogen and oxygen atoms in total. The van der Waals surface area contributed by atoms with Crippen LogP contribution >= 0.6 is 23.4 Å². The first-order valence-electron chi connectivity index (χ1n) is 9.43. The molecule has 2 heterocycles. The Bertz CT molecular complexity index is 1510. The normalized spacial score (nSPS) is 12.2. The number of aromatic nitrogens is 2. The van der Waals surface area contributed by atoms with Gasteiger partial charge in [-0.1, -0.05) is 47.6 Å². The van der Waals surface area contributed by atoms with E-state index in [2.05, 4.69) is 4.98 Å². The maximum atomic E-state index is 13.1. The zero-order valence-corrected chi connectivity index (χ0v) is 19.2. The number of sulfone groups is 1. The summed E-state index contributed by atoms with van der Waals surface area (Å²) in [4.78, 5) is 15.6. The van der Waals surface area contributed by atoms with Crippen molar-refractivity contribution in [3.63, 3.8) is 0 Å². The zero-order valence-electron chi connectivity index (χ0n) is 16.9. The quantitative estimate of drug-likeness (QED) is 0.224. The molecule has 4 rings (SSSR count). The molecular formula is C21H13ClF3N3O4S2. The molecule has 0 aliphatic heterocycles. The Morgan fingerprint density at radius 3 is 2.44 bits per heavy atom. The van der Waals surface area contributed by atoms with Crippen LogP contribution in [0.4, 0.5) is 19.0 Å². The molecule has 0 aliphatic rings. The van der Waals surface area contributed by atoms with E-state index in [-0.39, 0.29) is 31.1 Å². The largest absolute Gasteiger partial charge is 0.416 e. The number of rotatable bonds is 6. The Labute approximate surface area is 200 Å². The van der Waals surface area contributed by atoms with Gasteiger partial charge in [0.15, 0.2) is 15.5 Å². The van der Waals surface area contributed by atoms with Crippen LogP contribution in [0.1, 0.15) is 11.3 Å². The number of hydrogen-bond acceptors (Lipinski definition) is 6. The summed E-state index contributed by atoms with van der Waals surface area (Å²) in [5.74, 6) is -1.34. The fraction of sp³-hybridized carbons (Fsp3) is 0.0952. The molecule has 2 aromatic carbocycles. The van der Waals surface area contributed by atoms with Crippen molar-refractivity contribution >= 4 is 44.7 Å². The summed E-state index contributed by atoms with van der Waals surface area (Å²) >= 11 is 7.00. The fourth-order valence-corrected chi connectivity index (χ4v) is 5.81. The summed E-state index contributed by atoms with van der Waals surface area (Å²) in [5.41, 5.74) is -1.18. The van der Waals surface area contributed by atoms with Crippen molar-refractivity contribution in [3.8, 4) is 0 Å². The molecular weight excluding hydrogens is 515 g/mol. The summed E-state index contributed by atoms with van der Waals surface area (Å²) < 4.78 is 65.9. The molecule has 13 heteroatoms. The van der Waals surface area contributed by atoms with E-state index in [9.17, 15) is 31.7 Å². The van der Waals surface area contributed by atoms with Crippen molar-refractivity contribution in [1.82, 2.24) is 9.38 Å². The molecule has 0 aliphatic carbocycles. The van der Waals surface area contributed by atoms with Crippen LogP contribution in [-0.2, 0) is 21.8 Å². The highest BCUT2D eigenvalue weighted by molar-refractivity contribution is 7.99. The van der Waals surface area contributed by atoms with E-state index in [4.69, 9.17) is 11.6 Å². The predicted octanol–water partition coefficient (Wildman–Crippen LogP) is 6.04. The molecule has 0 radical (unpaired) electrons. The van der Waals surface area contributed by atoms with Crippen LogP contribution < -0.4 is 0 Å². The predicted molar refractivity (Wildman–Crippen MR) is 120 cm³/mol. The van der Waals surface area contributed by atoms with Gasteiger partial charge in [-0.3, -0.25) is 0 Å². The number of halogens is 4. The third-order valence-corrected chi connectivity index (χ3v) is 7.55. The smallest absolute Gasteiger partial charge is 0.358 e. The van der Waals surface area contributed by atoms with Crippen molar-refractivity contribution in [2.45, 2.75) is 26.6 Å². The molecule has 0 saturated heterocycles. The lowest BCUT2D eigenvalue weighted by molar-refractivity contribution is -0.391. The van der Waals surface area contributed by atoms with Gasteiger partial charge in [0.05, 0.1) is 20.4 Å². The molecule has 0 fully saturated rings. The monoisotopic (exact) mass is 527 g/mol. The van der Waals surface area contributed by atoms with E-state index in [1.54, 1.807) is 6.07 Å². The number of pyridine rings is 1. The highest BCUT2D eigenvalue weighted by atomic mass is 35.5. The van der Waals surface area contributed by atoms with Crippen molar-refractivity contribution in [3.05, 3.63) is 93.3 Å². The molecule has 34 heavy (non-hydrogen) atoms. The van der Waals surface area contributed by atoms with Crippen molar-refractivity contribution in [1.29, 1.82) is 0 Å². The molecule has 176 valence electrons. The summed E-state index contributed by atoms with van der Waals surface area (Å²) in [6, 6.07) is 13.3. The first kappa shape index (κ1) is 24.0. The average molecular weight is 528 g/mol. The maximum Gasteiger partial charge on any atom is 0.416 e. The minimum absolute atomic E-state index is 0.00299. The number of nitrogens with zero attached hydrogens (tertiary/aromatic N) is 3. The average Bonchev–Trinajstić information content (AvgIpc) is 3.11. The minimum atomic E-state index is -4.55. The van der Waals surface area contributed by atoms with Gasteiger partial charge in [-0.15, -0.1) is 0 Å². The second-order valence-corrected chi connectivity index (χ2v) is 10.6. The Morgan fingerprint density at radius 1 is 1.09 bits per heavy atom. The van der Waals surface area contributed by atoms with E-state index in [0.717, 1.165) is 28.3 Å². The topological polar surface area (TPSA) is 94.6 Å². The van der Waals surface area contributed by atoms with Gasteiger partial charge in [0.2, 0.25) is 5.65 Å². The number of fused-ring (bicyclic) bond motifs is 1. The highest BCUT2D eigenvalue weighted by Crippen LogP contribution is 2.38. The fourth-order valence-electron chi connectivity index (χ4n) is 3.24. The first-order chi connectivity index (χ1) is 16.0. The van der Waals surface area contributed by atoms with Gasteiger partial charge in [-0.05, 0) is 41.3 Å². The number of alkyl halides is 3. The lowest BCUT2D eigenvalue weighted by Gasteiger charge is -2.08. The van der Waals surface area contributed by atoms with Gasteiger partial charge in [0, 0.05) is 4.90 Å². The van der Waals surface area contributed by atoms with Gasteiger partial charge in [0.25, 0.3) is 0 Å². The lowest BCUT2D eigenvalue weighted by atomic mass is 10.2. The van der Waals surface area contributed by atoms with Crippen LogP contribution in [0.2, 0.25) is 5.02 Å². The highest BCUT2D eigenvalue weighted by Gasteiger charge is 2.32. The SMILES string of the molecule is O=[N+]([O-])c1c(CS(=O)(=O)c2ccccc2)nc2c(Sc3cccc(C(F)(F)F)c3)cc(Cl)cn12. The lowest BCUT2D eigenvalue weighted by Crippen LogP contribution is -2.07. The summed E-state index contributed by atoms with van der Waals surface area (Å²) in [6.07, 6.45) is -3.35. The van der Waals surface area contributed by atoms with E-state index in [1.807, 2.05) is 0 Å². The van der Waals surface area contributed by atoms with Crippen LogP contribution in [0.5, 0.6) is 0 Å². The number of nitro groups is 1. The van der Waals surface area contributed by atoms with Crippen LogP contribution in [0.15, 0.2) is 81.5 Å². The molecule has 0 spiro atoms. The van der Waals surface area contributed by atoms with E-state index < -0.39 is 38.1 Å². The van der Waals surface area contributed by atoms with Gasteiger partial charge < -0.3 is 10.1 Å². The van der Waals surface area contributed by atoms with Gasteiger partial charge >= 0.3 is 12.0 Å². The molecule has 0 unspecified atom stereocenters. The molecule has 2 aromatic heterocycles. The van der Waals surface area contributed by atoms with Crippen LogP contribution in [0.25, 0.3) is 5.65 Å². The Morgan fingerprint density at radius 2 is 1.79 bits per heavy atom. The van der Waals surface area contributed by atoms with Crippen LogP contribution in [-0.4, -0.2) is 22.7 Å². The number of imidazole rings is 1. The second-order valence-electron chi connectivity index (χ2n) is 7.06. The van der Waals surface area contributed by atoms with Crippen LogP contribution in [0.3, 0.4) is 0 Å². The van der Waals surface area contributed by atoms with Crippen molar-refractivity contribution < 1.29 is 26.5 Å². The first-order valence-corrected chi connectivity index (χ1v) is 12.3. The maximum absolute atomic E-state index is 13.1. The van der Waals surface area contributed by atoms with Gasteiger partial charge in [-0.25, -0.2) is 13.4 Å². The van der Waals surface area contributed by atoms with Crippen LogP contribution in [0, 0.1) is 10.1 Å². The van der Waals surface area contributed by atoms with Gasteiger partial charge in [0.1, 0.15) is 11.9 Å². The van der Waals surface area contributed by atoms with E-state index in [0.29, 0.717) is 0 Å². The Kier molecular flexibility index (Phi) is 6.32. The molecule has 0 atom stereocenters. The summed E-state index contributed by atoms with van der Waals surface area (Å²) in [7, 11) is -3.97. The molecule has 4 aromatic rings. The zero-order chi connectivity index (χ0) is 24.7. The second kappa shape index (κ2) is 8.93. The molecule has 0 bridgehead atoms. The Hall–Kier alpha value is -3.09. The van der Waals surface area contributed by atoms with E-state index in [1.165, 1.54) is 48.7 Å². The number of hydrogen-bond donors (Lipinski definition) is 0. The molecule has 0 N–H and O–H groups in total. The molecule has 0 saturated carbocycles. The summed E-state index contributed by atoms with van der Waals surface area (Å²) in [6.45, 7) is 0.